The molecule has 1 aliphatic rings. The molecule has 0 bridgehead atoms. The zero-order valence-corrected chi connectivity index (χ0v) is 7.14. The van der Waals surface area contributed by atoms with Crippen LogP contribution in [0.2, 0.25) is 0 Å². The predicted molar refractivity (Wildman–Crippen MR) is 47.4 cm³/mol. The minimum absolute atomic E-state index is 0.244. The van der Waals surface area contributed by atoms with Crippen molar-refractivity contribution in [3.63, 3.8) is 0 Å². The molecule has 1 aliphatic carbocycles. The first-order valence-electron chi connectivity index (χ1n) is 4.34. The Kier molecular flexibility index (Phi) is 3.37. The molecule has 0 spiro atoms. The highest BCUT2D eigenvalue weighted by Crippen LogP contribution is 2.21. The molecular weight excluding hydrogens is 136 g/mol. The van der Waals surface area contributed by atoms with E-state index in [2.05, 4.69) is 19.1 Å². The van der Waals surface area contributed by atoms with E-state index >= 15 is 0 Å². The lowest BCUT2D eigenvalue weighted by molar-refractivity contribution is 0.327. The maximum absolute atomic E-state index is 9.03. The summed E-state index contributed by atoms with van der Waals surface area (Å²) in [6.07, 6.45) is 8.71. The van der Waals surface area contributed by atoms with E-state index in [4.69, 9.17) is 5.11 Å². The van der Waals surface area contributed by atoms with Crippen molar-refractivity contribution in [3.8, 4) is 0 Å². The molecule has 0 heterocycles. The van der Waals surface area contributed by atoms with Crippen LogP contribution in [-0.4, -0.2) is 11.7 Å². The fourth-order valence-corrected chi connectivity index (χ4v) is 1.53. The molecule has 0 amide bonds. The quantitative estimate of drug-likeness (QED) is 0.602. The van der Waals surface area contributed by atoms with Crippen molar-refractivity contribution in [2.75, 3.05) is 6.61 Å². The van der Waals surface area contributed by atoms with E-state index in [9.17, 15) is 0 Å². The van der Waals surface area contributed by atoms with Gasteiger partial charge in [0.05, 0.1) is 6.61 Å². The van der Waals surface area contributed by atoms with E-state index in [0.717, 1.165) is 25.7 Å². The maximum atomic E-state index is 9.03. The monoisotopic (exact) mass is 152 g/mol. The van der Waals surface area contributed by atoms with E-state index < -0.39 is 0 Å². The fourth-order valence-electron chi connectivity index (χ4n) is 1.53. The first-order valence-corrected chi connectivity index (χ1v) is 4.34. The Morgan fingerprint density at radius 3 is 2.82 bits per heavy atom. The van der Waals surface area contributed by atoms with Gasteiger partial charge in [0.1, 0.15) is 0 Å². The zero-order valence-electron chi connectivity index (χ0n) is 7.14. The van der Waals surface area contributed by atoms with Crippen LogP contribution in [0.3, 0.4) is 0 Å². The SMILES string of the molecule is CCC1=C(CO)CC=CCC1. The molecule has 0 aromatic carbocycles. The Bertz CT molecular complexity index is 177. The molecule has 0 saturated heterocycles. The third-order valence-electron chi connectivity index (χ3n) is 2.26. The van der Waals surface area contributed by atoms with Crippen molar-refractivity contribution < 1.29 is 5.11 Å². The van der Waals surface area contributed by atoms with Gasteiger partial charge < -0.3 is 5.11 Å². The van der Waals surface area contributed by atoms with E-state index in [1.807, 2.05) is 0 Å². The minimum Gasteiger partial charge on any atom is -0.392 e. The van der Waals surface area contributed by atoms with Gasteiger partial charge in [-0.2, -0.15) is 0 Å². The Labute approximate surface area is 68.4 Å². The molecule has 1 rings (SSSR count). The summed E-state index contributed by atoms with van der Waals surface area (Å²) in [5.74, 6) is 0. The first kappa shape index (κ1) is 8.54. The maximum Gasteiger partial charge on any atom is 0.0647 e. The van der Waals surface area contributed by atoms with Gasteiger partial charge in [0, 0.05) is 0 Å². The molecule has 11 heavy (non-hydrogen) atoms. The van der Waals surface area contributed by atoms with Crippen molar-refractivity contribution in [3.05, 3.63) is 23.3 Å². The zero-order chi connectivity index (χ0) is 8.10. The summed E-state index contributed by atoms with van der Waals surface area (Å²) in [5.41, 5.74) is 2.69. The van der Waals surface area contributed by atoms with Gasteiger partial charge in [-0.05, 0) is 31.3 Å². The molecule has 62 valence electrons. The summed E-state index contributed by atoms with van der Waals surface area (Å²) in [4.78, 5) is 0. The molecule has 0 atom stereocenters. The summed E-state index contributed by atoms with van der Waals surface area (Å²) in [5, 5.41) is 9.03. The molecule has 0 fully saturated rings. The van der Waals surface area contributed by atoms with Crippen LogP contribution in [0.15, 0.2) is 23.3 Å². The van der Waals surface area contributed by atoms with Gasteiger partial charge in [-0.1, -0.05) is 24.6 Å². The number of rotatable bonds is 2. The summed E-state index contributed by atoms with van der Waals surface area (Å²) in [6, 6.07) is 0. The number of hydrogen-bond acceptors (Lipinski definition) is 1. The van der Waals surface area contributed by atoms with Gasteiger partial charge in [0.25, 0.3) is 0 Å². The molecule has 0 aromatic rings. The topological polar surface area (TPSA) is 20.2 Å². The van der Waals surface area contributed by atoms with Crippen molar-refractivity contribution in [2.45, 2.75) is 32.6 Å². The van der Waals surface area contributed by atoms with Gasteiger partial charge in [0.2, 0.25) is 0 Å². The molecule has 0 aromatic heterocycles. The lowest BCUT2D eigenvalue weighted by Crippen LogP contribution is -1.94. The number of allylic oxidation sites excluding steroid dienone is 3. The van der Waals surface area contributed by atoms with Gasteiger partial charge in [-0.25, -0.2) is 0 Å². The molecule has 0 unspecified atom stereocenters. The van der Waals surface area contributed by atoms with Crippen LogP contribution >= 0.6 is 0 Å². The minimum atomic E-state index is 0.244. The van der Waals surface area contributed by atoms with Crippen LogP contribution in [-0.2, 0) is 0 Å². The predicted octanol–water partition coefficient (Wildman–Crippen LogP) is 2.43. The molecule has 0 saturated carbocycles. The second-order valence-corrected chi connectivity index (χ2v) is 2.93. The van der Waals surface area contributed by atoms with Crippen LogP contribution in [0.5, 0.6) is 0 Å². The van der Waals surface area contributed by atoms with E-state index in [-0.39, 0.29) is 6.61 Å². The van der Waals surface area contributed by atoms with E-state index in [0.29, 0.717) is 0 Å². The van der Waals surface area contributed by atoms with Crippen LogP contribution in [0.4, 0.5) is 0 Å². The fraction of sp³-hybridized carbons (Fsp3) is 0.600. The molecule has 1 N–H and O–H groups in total. The lowest BCUT2D eigenvalue weighted by atomic mass is 10.0. The number of hydrogen-bond donors (Lipinski definition) is 1. The number of aliphatic hydroxyl groups is 1. The highest BCUT2D eigenvalue weighted by Gasteiger charge is 2.04. The van der Waals surface area contributed by atoms with Crippen molar-refractivity contribution in [2.24, 2.45) is 0 Å². The van der Waals surface area contributed by atoms with Gasteiger partial charge in [-0.15, -0.1) is 0 Å². The number of aliphatic hydroxyl groups excluding tert-OH is 1. The van der Waals surface area contributed by atoms with Gasteiger partial charge in [-0.3, -0.25) is 0 Å². The summed E-state index contributed by atoms with van der Waals surface area (Å²) in [7, 11) is 0. The molecule has 1 nitrogen and oxygen atoms in total. The Morgan fingerprint density at radius 2 is 2.18 bits per heavy atom. The van der Waals surface area contributed by atoms with Crippen LogP contribution in [0, 0.1) is 0 Å². The highest BCUT2D eigenvalue weighted by molar-refractivity contribution is 5.20. The third-order valence-corrected chi connectivity index (χ3v) is 2.26. The smallest absolute Gasteiger partial charge is 0.0647 e. The van der Waals surface area contributed by atoms with Crippen LogP contribution in [0.25, 0.3) is 0 Å². The van der Waals surface area contributed by atoms with E-state index in [1.165, 1.54) is 11.1 Å². The van der Waals surface area contributed by atoms with Crippen LogP contribution < -0.4 is 0 Å². The Morgan fingerprint density at radius 1 is 1.36 bits per heavy atom. The average Bonchev–Trinajstić information content (AvgIpc) is 2.27. The summed E-state index contributed by atoms with van der Waals surface area (Å²) in [6.45, 7) is 2.41. The largest absolute Gasteiger partial charge is 0.392 e. The second-order valence-electron chi connectivity index (χ2n) is 2.93. The Hall–Kier alpha value is -0.560. The van der Waals surface area contributed by atoms with Crippen molar-refractivity contribution in [1.29, 1.82) is 0 Å². The van der Waals surface area contributed by atoms with Gasteiger partial charge in [0.15, 0.2) is 0 Å². The van der Waals surface area contributed by atoms with E-state index in [1.54, 1.807) is 0 Å². The first-order chi connectivity index (χ1) is 5.38. The highest BCUT2D eigenvalue weighted by atomic mass is 16.3. The summed E-state index contributed by atoms with van der Waals surface area (Å²) < 4.78 is 0. The molecular formula is C10H16O. The van der Waals surface area contributed by atoms with Crippen molar-refractivity contribution in [1.82, 2.24) is 0 Å². The second kappa shape index (κ2) is 4.35. The molecule has 1 heteroatoms. The average molecular weight is 152 g/mol. The van der Waals surface area contributed by atoms with Gasteiger partial charge >= 0.3 is 0 Å². The summed E-state index contributed by atoms with van der Waals surface area (Å²) >= 11 is 0. The third kappa shape index (κ3) is 2.19. The normalized spacial score (nSPS) is 18.7. The standard InChI is InChI=1S/C10H16O/c1-2-9-6-4-3-5-7-10(9)8-11/h3,5,11H,2,4,6-8H2,1H3. The molecule has 0 radical (unpaired) electrons. The lowest BCUT2D eigenvalue weighted by Gasteiger charge is -2.06. The van der Waals surface area contributed by atoms with Crippen molar-refractivity contribution >= 4 is 0 Å². The molecule has 0 aliphatic heterocycles. The van der Waals surface area contributed by atoms with Crippen LogP contribution in [0.1, 0.15) is 32.6 Å². The Balaban J connectivity index is 2.71.